The van der Waals surface area contributed by atoms with Gasteiger partial charge in [0.15, 0.2) is 0 Å². The van der Waals surface area contributed by atoms with Gasteiger partial charge in [-0.1, -0.05) is 32.9 Å². The van der Waals surface area contributed by atoms with Crippen molar-refractivity contribution in [3.05, 3.63) is 29.8 Å². The molecule has 4 aliphatic rings. The molecule has 8 heteroatoms. The Hall–Kier alpha value is -1.71. The molecule has 36 heavy (non-hydrogen) atoms. The average Bonchev–Trinajstić information content (AvgIpc) is 3.18. The molecule has 0 radical (unpaired) electrons. The van der Waals surface area contributed by atoms with Gasteiger partial charge in [-0.3, -0.25) is 9.63 Å². The second kappa shape index (κ2) is 11.0. The zero-order valence-corrected chi connectivity index (χ0v) is 22.8. The zero-order valence-electron chi connectivity index (χ0n) is 22.8. The van der Waals surface area contributed by atoms with Crippen molar-refractivity contribution >= 4 is 11.6 Å². The Bertz CT molecular complexity index is 907. The summed E-state index contributed by atoms with van der Waals surface area (Å²) < 4.78 is 0. The molecule has 202 valence electrons. The van der Waals surface area contributed by atoms with Gasteiger partial charge in [0.2, 0.25) is 5.91 Å². The maximum atomic E-state index is 13.7. The third-order valence-corrected chi connectivity index (χ3v) is 9.22. The largest absolute Gasteiger partial charge is 0.394 e. The van der Waals surface area contributed by atoms with Crippen LogP contribution in [-0.2, 0) is 16.2 Å². The lowest BCUT2D eigenvalue weighted by Crippen LogP contribution is -2.62. The van der Waals surface area contributed by atoms with Gasteiger partial charge in [0, 0.05) is 30.7 Å². The van der Waals surface area contributed by atoms with E-state index in [0.717, 1.165) is 30.8 Å². The fourth-order valence-electron chi connectivity index (χ4n) is 6.87. The molecule has 1 aliphatic heterocycles. The molecule has 2 bridgehead atoms. The number of likely N-dealkylation sites (N-methyl/N-ethyl adjacent to an activating group) is 1. The Kier molecular flexibility index (Phi) is 8.32. The van der Waals surface area contributed by atoms with Crippen molar-refractivity contribution in [1.29, 1.82) is 0 Å². The molecule has 8 nitrogen and oxygen atoms in total. The minimum absolute atomic E-state index is 0.118. The third kappa shape index (κ3) is 5.43. The van der Waals surface area contributed by atoms with Gasteiger partial charge in [-0.25, -0.2) is 0 Å². The average molecular weight is 503 g/mol. The molecule has 3 aliphatic carbocycles. The summed E-state index contributed by atoms with van der Waals surface area (Å²) in [5.74, 6) is 1.04. The Morgan fingerprint density at radius 2 is 2.06 bits per heavy atom. The Morgan fingerprint density at radius 3 is 2.67 bits per heavy atom. The van der Waals surface area contributed by atoms with E-state index in [-0.39, 0.29) is 18.6 Å². The number of aliphatic hydroxyl groups is 2. The molecule has 1 unspecified atom stereocenters. The quantitative estimate of drug-likeness (QED) is 0.390. The van der Waals surface area contributed by atoms with Gasteiger partial charge in [0.25, 0.3) is 0 Å². The van der Waals surface area contributed by atoms with Crippen LogP contribution < -0.4 is 10.6 Å². The van der Waals surface area contributed by atoms with Gasteiger partial charge in [-0.05, 0) is 74.7 Å². The van der Waals surface area contributed by atoms with Crippen LogP contribution in [0.1, 0.15) is 46.1 Å². The van der Waals surface area contributed by atoms with E-state index in [2.05, 4.69) is 42.4 Å². The van der Waals surface area contributed by atoms with Gasteiger partial charge < -0.3 is 25.7 Å². The third-order valence-electron chi connectivity index (χ3n) is 9.22. The highest BCUT2D eigenvalue weighted by Crippen LogP contribution is 2.61. The molecular weight excluding hydrogens is 456 g/mol. The summed E-state index contributed by atoms with van der Waals surface area (Å²) in [4.78, 5) is 22.0. The fraction of sp³-hybridized carbons (Fsp3) is 0.750. The van der Waals surface area contributed by atoms with Crippen molar-refractivity contribution in [1.82, 2.24) is 15.3 Å². The number of hydrogen-bond donors (Lipinski definition) is 4. The van der Waals surface area contributed by atoms with E-state index in [9.17, 15) is 15.0 Å². The lowest BCUT2D eigenvalue weighted by Gasteiger charge is -2.62. The van der Waals surface area contributed by atoms with Crippen molar-refractivity contribution in [2.45, 2.75) is 71.4 Å². The SMILES string of the molecule is C[C@H](O)[C@@H]1[C@H](CO)ON(Cc2cccc(NCCN(C)C)c2)[C@@H]1C(=O)NC1C[C@H]2C[C@@H]([C@@H]1C)C2(C)C. The monoisotopic (exact) mass is 502 g/mol. The molecule has 4 N–H and O–H groups in total. The van der Waals surface area contributed by atoms with Crippen LogP contribution in [0.25, 0.3) is 0 Å². The number of carbonyl (C=O) groups excluding carboxylic acids is 1. The maximum absolute atomic E-state index is 13.7. The number of hydroxylamine groups is 2. The molecule has 1 amide bonds. The summed E-state index contributed by atoms with van der Waals surface area (Å²) in [7, 11) is 4.09. The second-order valence-corrected chi connectivity index (χ2v) is 12.2. The minimum atomic E-state index is -0.793. The van der Waals surface area contributed by atoms with Gasteiger partial charge in [0.05, 0.1) is 19.3 Å². The number of benzene rings is 1. The van der Waals surface area contributed by atoms with Crippen LogP contribution >= 0.6 is 0 Å². The Morgan fingerprint density at radius 1 is 1.31 bits per heavy atom. The van der Waals surface area contributed by atoms with Crippen LogP contribution in [0.2, 0.25) is 0 Å². The number of nitrogens with zero attached hydrogens (tertiary/aromatic N) is 2. The van der Waals surface area contributed by atoms with Crippen molar-refractivity contribution in [2.75, 3.05) is 39.1 Å². The van der Waals surface area contributed by atoms with Crippen LogP contribution in [0.5, 0.6) is 0 Å². The van der Waals surface area contributed by atoms with Crippen LogP contribution in [0, 0.1) is 29.1 Å². The topological polar surface area (TPSA) is 97.3 Å². The minimum Gasteiger partial charge on any atom is -0.394 e. The Balaban J connectivity index is 1.48. The van der Waals surface area contributed by atoms with Crippen LogP contribution in [0.3, 0.4) is 0 Å². The zero-order chi connectivity index (χ0) is 26.2. The van der Waals surface area contributed by atoms with Crippen molar-refractivity contribution in [3.8, 4) is 0 Å². The highest BCUT2D eigenvalue weighted by molar-refractivity contribution is 5.82. The van der Waals surface area contributed by atoms with Gasteiger partial charge in [-0.15, -0.1) is 0 Å². The van der Waals surface area contributed by atoms with Crippen LogP contribution in [-0.4, -0.2) is 84.2 Å². The molecule has 0 aromatic heterocycles. The van der Waals surface area contributed by atoms with E-state index >= 15 is 0 Å². The van der Waals surface area contributed by atoms with Gasteiger partial charge in [-0.2, -0.15) is 5.06 Å². The number of hydrogen-bond acceptors (Lipinski definition) is 7. The van der Waals surface area contributed by atoms with Gasteiger partial charge >= 0.3 is 0 Å². The molecule has 8 atom stereocenters. The van der Waals surface area contributed by atoms with E-state index in [1.165, 1.54) is 6.42 Å². The fourth-order valence-corrected chi connectivity index (χ4v) is 6.87. The van der Waals surface area contributed by atoms with Crippen LogP contribution in [0.15, 0.2) is 24.3 Å². The summed E-state index contributed by atoms with van der Waals surface area (Å²) in [5, 5.41) is 29.1. The second-order valence-electron chi connectivity index (χ2n) is 12.2. The first-order valence-electron chi connectivity index (χ1n) is 13.5. The number of nitrogens with one attached hydrogen (secondary N) is 2. The predicted molar refractivity (Wildman–Crippen MR) is 141 cm³/mol. The molecule has 3 saturated carbocycles. The lowest BCUT2D eigenvalue weighted by molar-refractivity contribution is -0.183. The number of amides is 1. The highest BCUT2D eigenvalue weighted by atomic mass is 16.7. The van der Waals surface area contributed by atoms with E-state index in [1.54, 1.807) is 12.0 Å². The lowest BCUT2D eigenvalue weighted by atomic mass is 9.45. The number of anilines is 1. The maximum Gasteiger partial charge on any atom is 0.240 e. The number of rotatable bonds is 10. The first-order valence-corrected chi connectivity index (χ1v) is 13.5. The summed E-state index contributed by atoms with van der Waals surface area (Å²) >= 11 is 0. The van der Waals surface area contributed by atoms with E-state index in [4.69, 9.17) is 4.84 Å². The number of aliphatic hydroxyl groups excluding tert-OH is 2. The van der Waals surface area contributed by atoms with Gasteiger partial charge in [0.1, 0.15) is 12.1 Å². The number of carbonyl (C=O) groups is 1. The summed E-state index contributed by atoms with van der Waals surface area (Å²) in [5.41, 5.74) is 2.36. The molecule has 4 fully saturated rings. The van der Waals surface area contributed by atoms with Crippen molar-refractivity contribution < 1.29 is 19.8 Å². The summed E-state index contributed by atoms with van der Waals surface area (Å²) in [6.07, 6.45) is 0.824. The molecule has 1 saturated heterocycles. The summed E-state index contributed by atoms with van der Waals surface area (Å²) in [6.45, 7) is 10.5. The van der Waals surface area contributed by atoms with Crippen molar-refractivity contribution in [2.24, 2.45) is 29.1 Å². The normalized spacial score (nSPS) is 34.3. The van der Waals surface area contributed by atoms with E-state index in [1.807, 2.05) is 32.3 Å². The smallest absolute Gasteiger partial charge is 0.240 e. The van der Waals surface area contributed by atoms with Crippen molar-refractivity contribution in [3.63, 3.8) is 0 Å². The van der Waals surface area contributed by atoms with E-state index < -0.39 is 24.2 Å². The first kappa shape index (κ1) is 27.3. The summed E-state index contributed by atoms with van der Waals surface area (Å²) in [6, 6.07) is 7.55. The van der Waals surface area contributed by atoms with E-state index in [0.29, 0.717) is 29.7 Å². The number of fused-ring (bicyclic) bond motifs is 2. The molecule has 1 heterocycles. The molecular formula is C28H46N4O4. The molecule has 5 rings (SSSR count). The predicted octanol–water partition coefficient (Wildman–Crippen LogP) is 2.32. The molecule has 1 aromatic carbocycles. The molecule has 0 spiro atoms. The Labute approximate surface area is 216 Å². The standard InChI is InChI=1S/C28H46N4O4/c1-17-22-13-20(28(22,3)4)14-23(17)30-27(35)26-25(18(2)34)24(16-33)36-32(26)15-19-8-7-9-21(12-19)29-10-11-31(5)6/h7-9,12,17-18,20,22-26,29,33-34H,10-11,13-16H2,1-6H3,(H,30,35)/t17-,18-,20+,22-,23?,24-,25+,26-/m0/s1. The van der Waals surface area contributed by atoms with Crippen LogP contribution in [0.4, 0.5) is 5.69 Å². The first-order chi connectivity index (χ1) is 17.0. The molecule has 1 aromatic rings. The highest BCUT2D eigenvalue weighted by Gasteiger charge is 2.57.